The lowest BCUT2D eigenvalue weighted by molar-refractivity contribution is 1.01. The van der Waals surface area contributed by atoms with Gasteiger partial charge in [-0.15, -0.1) is 10.0 Å². The first kappa shape index (κ1) is 23.8. The molecule has 5 aromatic carbocycles. The quantitative estimate of drug-likeness (QED) is 0.213. The van der Waals surface area contributed by atoms with Crippen molar-refractivity contribution in [2.24, 2.45) is 0 Å². The van der Waals surface area contributed by atoms with Crippen molar-refractivity contribution in [2.45, 2.75) is 34.5 Å². The Hall–Kier alpha value is -4.27. The van der Waals surface area contributed by atoms with E-state index in [2.05, 4.69) is 157 Å². The lowest BCUT2D eigenvalue weighted by Gasteiger charge is -2.45. The average molecular weight is 522 g/mol. The summed E-state index contributed by atoms with van der Waals surface area (Å²) in [7, 11) is -1.68. The third-order valence-electron chi connectivity index (χ3n) is 7.90. The van der Waals surface area contributed by atoms with Gasteiger partial charge < -0.3 is 4.57 Å². The second kappa shape index (κ2) is 9.80. The Morgan fingerprint density at radius 2 is 1.31 bits per heavy atom. The number of fused-ring (bicyclic) bond motifs is 3. The molecule has 1 aliphatic carbocycles. The van der Waals surface area contributed by atoms with E-state index in [0.717, 1.165) is 12.8 Å². The summed E-state index contributed by atoms with van der Waals surface area (Å²) in [5, 5.41) is 2.60. The van der Waals surface area contributed by atoms with E-state index in [0.29, 0.717) is 0 Å². The zero-order valence-electron chi connectivity index (χ0n) is 22.1. The summed E-state index contributed by atoms with van der Waals surface area (Å²) in [6, 6.07) is 47.1. The highest BCUT2D eigenvalue weighted by Gasteiger charge is 2.36. The van der Waals surface area contributed by atoms with Crippen molar-refractivity contribution < 1.29 is 0 Å². The summed E-state index contributed by atoms with van der Waals surface area (Å²) in [4.78, 5) is 5.75. The maximum absolute atomic E-state index is 2.50. The Kier molecular flexibility index (Phi) is 5.98. The van der Waals surface area contributed by atoms with E-state index in [1.54, 1.807) is 0 Å². The van der Waals surface area contributed by atoms with Gasteiger partial charge in [0.25, 0.3) is 0 Å². The maximum Gasteiger partial charge on any atom is 0.0541 e. The molecule has 1 aromatic heterocycles. The number of aromatic nitrogens is 1. The van der Waals surface area contributed by atoms with Gasteiger partial charge in [0, 0.05) is 31.1 Å². The van der Waals surface area contributed by atoms with Gasteiger partial charge in [-0.05, 0) is 84.8 Å². The number of benzene rings is 5. The van der Waals surface area contributed by atoms with E-state index in [9.17, 15) is 0 Å². The summed E-state index contributed by atoms with van der Waals surface area (Å²) in [6.07, 6.45) is 9.11. The van der Waals surface area contributed by atoms with Gasteiger partial charge >= 0.3 is 0 Å². The summed E-state index contributed by atoms with van der Waals surface area (Å²) < 4.78 is 2.41. The van der Waals surface area contributed by atoms with Gasteiger partial charge in [0.1, 0.15) is 0 Å². The van der Waals surface area contributed by atoms with Gasteiger partial charge in [-0.2, -0.15) is 0 Å². The number of hydrogen-bond donors (Lipinski definition) is 0. The Balaban J connectivity index is 1.61. The van der Waals surface area contributed by atoms with Gasteiger partial charge in [-0.3, -0.25) is 0 Å². The van der Waals surface area contributed by atoms with Crippen LogP contribution in [-0.2, 0) is 0 Å². The van der Waals surface area contributed by atoms with Crippen molar-refractivity contribution in [3.63, 3.8) is 0 Å². The molecule has 1 heterocycles. The van der Waals surface area contributed by atoms with Crippen LogP contribution in [0.5, 0.6) is 0 Å². The van der Waals surface area contributed by atoms with Crippen molar-refractivity contribution in [1.82, 2.24) is 4.57 Å². The van der Waals surface area contributed by atoms with E-state index in [1.807, 2.05) is 0 Å². The van der Waals surface area contributed by atoms with Crippen molar-refractivity contribution in [3.8, 4) is 5.69 Å². The van der Waals surface area contributed by atoms with Crippen molar-refractivity contribution in [1.29, 1.82) is 0 Å². The van der Waals surface area contributed by atoms with Gasteiger partial charge in [0.15, 0.2) is 0 Å². The minimum absolute atomic E-state index is 1.07. The summed E-state index contributed by atoms with van der Waals surface area (Å²) in [5.74, 6) is 0. The molecule has 7 rings (SSSR count). The molecule has 190 valence electrons. The number of hydrogen-bond acceptors (Lipinski definition) is 0. The number of para-hydroxylation sites is 2. The predicted molar refractivity (Wildman–Crippen MR) is 167 cm³/mol. The molecule has 0 amide bonds. The minimum atomic E-state index is -1.68. The Labute approximate surface area is 232 Å². The van der Waals surface area contributed by atoms with Gasteiger partial charge in [-0.1, -0.05) is 91.0 Å². The molecule has 0 spiro atoms. The SMILES string of the molecule is Cc1ccccc1S(C1=CC=CCC1)(c1ccccc1)c1ccc2c(c1)c1ccccc1n2-c1ccccc1. The number of rotatable bonds is 5. The molecule has 2 heteroatoms. The normalized spacial score (nSPS) is 15.7. The fourth-order valence-corrected chi connectivity index (χ4v) is 10.5. The van der Waals surface area contributed by atoms with Crippen LogP contribution in [0.1, 0.15) is 18.4 Å². The average Bonchev–Trinajstić information content (AvgIpc) is 3.34. The molecule has 1 aliphatic rings. The van der Waals surface area contributed by atoms with Crippen LogP contribution in [0.3, 0.4) is 0 Å². The van der Waals surface area contributed by atoms with Crippen molar-refractivity contribution in [3.05, 3.63) is 156 Å². The Bertz CT molecular complexity index is 1860. The third kappa shape index (κ3) is 3.78. The number of nitrogens with zero attached hydrogens (tertiary/aromatic N) is 1. The highest BCUT2D eigenvalue weighted by Crippen LogP contribution is 2.75. The number of aryl methyl sites for hydroxylation is 1. The highest BCUT2D eigenvalue weighted by atomic mass is 32.3. The van der Waals surface area contributed by atoms with Crippen LogP contribution in [0.25, 0.3) is 27.5 Å². The minimum Gasteiger partial charge on any atom is -0.309 e. The van der Waals surface area contributed by atoms with E-state index < -0.39 is 10.0 Å². The molecule has 0 bridgehead atoms. The summed E-state index contributed by atoms with van der Waals surface area (Å²) in [5.41, 5.74) is 5.03. The molecule has 1 nitrogen and oxygen atoms in total. The molecule has 1 atom stereocenters. The largest absolute Gasteiger partial charge is 0.309 e. The Morgan fingerprint density at radius 1 is 0.615 bits per heavy atom. The maximum atomic E-state index is 2.50. The third-order valence-corrected chi connectivity index (χ3v) is 12.1. The molecule has 6 aromatic rings. The monoisotopic (exact) mass is 521 g/mol. The topological polar surface area (TPSA) is 4.93 Å². The molecule has 0 saturated heterocycles. The van der Waals surface area contributed by atoms with E-state index in [4.69, 9.17) is 0 Å². The summed E-state index contributed by atoms with van der Waals surface area (Å²) in [6.45, 7) is 2.28. The molecule has 0 saturated carbocycles. The first-order chi connectivity index (χ1) is 19.3. The lowest BCUT2D eigenvalue weighted by atomic mass is 10.1. The van der Waals surface area contributed by atoms with Crippen LogP contribution in [0.15, 0.2) is 165 Å². The molecule has 0 N–H and O–H groups in total. The van der Waals surface area contributed by atoms with Crippen LogP contribution in [0.2, 0.25) is 0 Å². The molecule has 0 aliphatic heterocycles. The predicted octanol–water partition coefficient (Wildman–Crippen LogP) is 10.6. The smallest absolute Gasteiger partial charge is 0.0541 e. The van der Waals surface area contributed by atoms with Crippen LogP contribution < -0.4 is 0 Å². The van der Waals surface area contributed by atoms with Gasteiger partial charge in [0.2, 0.25) is 0 Å². The van der Waals surface area contributed by atoms with Crippen molar-refractivity contribution >= 4 is 31.8 Å². The van der Waals surface area contributed by atoms with E-state index in [-0.39, 0.29) is 0 Å². The number of allylic oxidation sites excluding steroid dienone is 4. The standard InChI is InChI=1S/C37H31NS/c1-28-15-11-14-24-37(28)39(30-18-7-3-8-19-30,31-20-9-4-10-21-31)32-25-26-36-34(27-32)33-22-12-13-23-35(33)38(36)29-16-5-2-6-17-29/h2-9,11-20,22-27H,10,21H2,1H3. The molecule has 1 unspecified atom stereocenters. The fraction of sp³-hybridized carbons (Fsp3) is 0.0811. The van der Waals surface area contributed by atoms with E-state index in [1.165, 1.54) is 52.6 Å². The first-order valence-corrected chi connectivity index (χ1v) is 15.3. The highest BCUT2D eigenvalue weighted by molar-refractivity contribution is 8.37. The second-order valence-corrected chi connectivity index (χ2v) is 13.3. The van der Waals surface area contributed by atoms with Crippen LogP contribution in [0, 0.1) is 6.92 Å². The first-order valence-electron chi connectivity index (χ1n) is 13.7. The van der Waals surface area contributed by atoms with Crippen LogP contribution in [-0.4, -0.2) is 4.57 Å². The Morgan fingerprint density at radius 3 is 2.08 bits per heavy atom. The van der Waals surface area contributed by atoms with Gasteiger partial charge in [-0.25, -0.2) is 0 Å². The van der Waals surface area contributed by atoms with Crippen molar-refractivity contribution in [2.75, 3.05) is 0 Å². The molecule has 0 radical (unpaired) electrons. The second-order valence-electron chi connectivity index (χ2n) is 10.2. The fourth-order valence-electron chi connectivity index (χ4n) is 6.19. The zero-order valence-corrected chi connectivity index (χ0v) is 22.9. The molecule has 39 heavy (non-hydrogen) atoms. The van der Waals surface area contributed by atoms with E-state index >= 15 is 0 Å². The van der Waals surface area contributed by atoms with Crippen LogP contribution in [0.4, 0.5) is 0 Å². The molecular formula is C37H31NS. The zero-order chi connectivity index (χ0) is 26.2. The van der Waals surface area contributed by atoms with Crippen LogP contribution >= 0.6 is 10.0 Å². The van der Waals surface area contributed by atoms with Gasteiger partial charge in [0.05, 0.1) is 11.0 Å². The lowest BCUT2D eigenvalue weighted by Crippen LogP contribution is -2.09. The summed E-state index contributed by atoms with van der Waals surface area (Å²) >= 11 is 0. The molecular weight excluding hydrogens is 490 g/mol. The molecule has 0 fully saturated rings.